The van der Waals surface area contributed by atoms with E-state index in [0.717, 1.165) is 30.3 Å². The predicted octanol–water partition coefficient (Wildman–Crippen LogP) is 3.31. The van der Waals surface area contributed by atoms with Gasteiger partial charge in [0.15, 0.2) is 0 Å². The first-order chi connectivity index (χ1) is 10.3. The van der Waals surface area contributed by atoms with Gasteiger partial charge in [-0.25, -0.2) is 0 Å². The predicted molar refractivity (Wildman–Crippen MR) is 86.9 cm³/mol. The summed E-state index contributed by atoms with van der Waals surface area (Å²) in [5, 5.41) is 9.98. The van der Waals surface area contributed by atoms with Gasteiger partial charge in [-0.1, -0.05) is 18.2 Å². The second kappa shape index (κ2) is 5.11. The molecular weight excluding hydrogens is 280 g/mol. The van der Waals surface area contributed by atoms with Crippen molar-refractivity contribution in [3.05, 3.63) is 35.2 Å². The topological polar surface area (TPSA) is 41.1 Å². The maximum Gasteiger partial charge on any atom is 0.252 e. The normalized spacial score (nSPS) is 23.9. The number of piperidine rings is 1. The molecule has 4 heteroatoms. The van der Waals surface area contributed by atoms with Crippen LogP contribution in [0.4, 0.5) is 0 Å². The third-order valence-corrected chi connectivity index (χ3v) is 5.96. The summed E-state index contributed by atoms with van der Waals surface area (Å²) in [5.74, 6) is 0.0915. The summed E-state index contributed by atoms with van der Waals surface area (Å²) in [4.78, 5) is 12.6. The minimum atomic E-state index is 0.0915. The van der Waals surface area contributed by atoms with E-state index in [2.05, 4.69) is 16.7 Å². The van der Waals surface area contributed by atoms with Crippen LogP contribution in [-0.2, 0) is 0 Å². The van der Waals surface area contributed by atoms with E-state index in [4.69, 9.17) is 0 Å². The van der Waals surface area contributed by atoms with Crippen LogP contribution >= 0.6 is 11.3 Å². The number of hydrogen-bond acceptors (Lipinski definition) is 3. The number of carbonyl (C=O) groups excluding carboxylic acids is 1. The van der Waals surface area contributed by atoms with Crippen molar-refractivity contribution in [3.63, 3.8) is 0 Å². The molecule has 1 aliphatic carbocycles. The molecule has 2 fully saturated rings. The Bertz CT molecular complexity index is 674. The summed E-state index contributed by atoms with van der Waals surface area (Å²) in [6, 6.07) is 8.45. The molecule has 0 bridgehead atoms. The Morgan fingerprint density at radius 1 is 1.33 bits per heavy atom. The van der Waals surface area contributed by atoms with Crippen LogP contribution < -0.4 is 10.6 Å². The van der Waals surface area contributed by atoms with Crippen molar-refractivity contribution < 1.29 is 4.79 Å². The van der Waals surface area contributed by atoms with Crippen LogP contribution in [0.15, 0.2) is 29.6 Å². The molecular formula is C17H20N2OS. The number of nitrogens with one attached hydrogen (secondary N) is 2. The van der Waals surface area contributed by atoms with Crippen LogP contribution in [0.3, 0.4) is 0 Å². The molecule has 1 saturated heterocycles. The standard InChI is InChI=1S/C17H20N2OS/c20-16(14-11-21-15-5-2-1-4-13(14)15)19-12-6-9-18-17(10-12)7-3-8-17/h1-2,4-5,11-12,18H,3,6-10H2,(H,19,20). The van der Waals surface area contributed by atoms with Crippen molar-refractivity contribution >= 4 is 27.3 Å². The molecule has 1 atom stereocenters. The molecule has 1 aliphatic heterocycles. The molecule has 1 amide bonds. The summed E-state index contributed by atoms with van der Waals surface area (Å²) in [5.41, 5.74) is 1.16. The fourth-order valence-electron chi connectivity index (χ4n) is 3.68. The van der Waals surface area contributed by atoms with Crippen LogP contribution in [0.5, 0.6) is 0 Å². The fourth-order valence-corrected chi connectivity index (χ4v) is 4.62. The molecule has 1 spiro atoms. The zero-order chi connectivity index (χ0) is 14.3. The zero-order valence-corrected chi connectivity index (χ0v) is 12.8. The number of benzene rings is 1. The Labute approximate surface area is 128 Å². The molecule has 1 saturated carbocycles. The van der Waals surface area contributed by atoms with Gasteiger partial charge in [-0.3, -0.25) is 4.79 Å². The summed E-state index contributed by atoms with van der Waals surface area (Å²) >= 11 is 1.65. The maximum absolute atomic E-state index is 12.6. The van der Waals surface area contributed by atoms with Crippen molar-refractivity contribution in [1.29, 1.82) is 0 Å². The minimum Gasteiger partial charge on any atom is -0.349 e. The number of rotatable bonds is 2. The average Bonchev–Trinajstić information content (AvgIpc) is 2.90. The minimum absolute atomic E-state index is 0.0915. The van der Waals surface area contributed by atoms with E-state index in [9.17, 15) is 4.79 Å². The lowest BCUT2D eigenvalue weighted by atomic mass is 9.70. The molecule has 2 aliphatic rings. The molecule has 1 unspecified atom stereocenters. The van der Waals surface area contributed by atoms with Gasteiger partial charge >= 0.3 is 0 Å². The van der Waals surface area contributed by atoms with Gasteiger partial charge in [-0.2, -0.15) is 0 Å². The van der Waals surface area contributed by atoms with E-state index in [1.165, 1.54) is 24.0 Å². The lowest BCUT2D eigenvalue weighted by Crippen LogP contribution is -2.59. The van der Waals surface area contributed by atoms with Crippen molar-refractivity contribution in [1.82, 2.24) is 10.6 Å². The van der Waals surface area contributed by atoms with Crippen molar-refractivity contribution in [2.24, 2.45) is 0 Å². The van der Waals surface area contributed by atoms with Gasteiger partial charge in [-0.15, -0.1) is 11.3 Å². The number of fused-ring (bicyclic) bond motifs is 1. The lowest BCUT2D eigenvalue weighted by molar-refractivity contribution is 0.0855. The molecule has 2 heterocycles. The summed E-state index contributed by atoms with van der Waals surface area (Å²) in [6.45, 7) is 1.02. The van der Waals surface area contributed by atoms with E-state index in [0.29, 0.717) is 11.6 Å². The third-order valence-electron chi connectivity index (χ3n) is 5.00. The Balaban J connectivity index is 1.50. The number of carbonyl (C=O) groups is 1. The fraction of sp³-hybridized carbons (Fsp3) is 0.471. The molecule has 21 heavy (non-hydrogen) atoms. The van der Waals surface area contributed by atoms with Gasteiger partial charge < -0.3 is 10.6 Å². The number of amides is 1. The van der Waals surface area contributed by atoms with Crippen molar-refractivity contribution in [3.8, 4) is 0 Å². The van der Waals surface area contributed by atoms with E-state index in [-0.39, 0.29) is 5.91 Å². The van der Waals surface area contributed by atoms with Crippen LogP contribution in [0.1, 0.15) is 42.5 Å². The first-order valence-corrected chi connectivity index (χ1v) is 8.66. The highest BCUT2D eigenvalue weighted by Gasteiger charge is 2.41. The van der Waals surface area contributed by atoms with Gasteiger partial charge in [0.2, 0.25) is 0 Å². The van der Waals surface area contributed by atoms with Gasteiger partial charge in [0.05, 0.1) is 5.56 Å². The van der Waals surface area contributed by atoms with Gasteiger partial charge in [0.25, 0.3) is 5.91 Å². The largest absolute Gasteiger partial charge is 0.349 e. The molecule has 2 N–H and O–H groups in total. The van der Waals surface area contributed by atoms with E-state index >= 15 is 0 Å². The van der Waals surface area contributed by atoms with E-state index in [1.807, 2.05) is 23.6 Å². The molecule has 110 valence electrons. The SMILES string of the molecule is O=C(NC1CCNC2(CCC2)C1)c1csc2ccccc12. The highest BCUT2D eigenvalue weighted by Crippen LogP contribution is 2.38. The van der Waals surface area contributed by atoms with Crippen molar-refractivity contribution in [2.75, 3.05) is 6.54 Å². The molecule has 2 aromatic rings. The van der Waals surface area contributed by atoms with Crippen molar-refractivity contribution in [2.45, 2.75) is 43.7 Å². The Hall–Kier alpha value is -1.39. The molecule has 1 aromatic heterocycles. The molecule has 1 aromatic carbocycles. The van der Waals surface area contributed by atoms with Crippen LogP contribution in [-0.4, -0.2) is 24.0 Å². The monoisotopic (exact) mass is 300 g/mol. The highest BCUT2D eigenvalue weighted by molar-refractivity contribution is 7.17. The van der Waals surface area contributed by atoms with Gasteiger partial charge in [0, 0.05) is 27.0 Å². The second-order valence-electron chi connectivity index (χ2n) is 6.37. The third kappa shape index (κ3) is 2.36. The van der Waals surface area contributed by atoms with Crippen LogP contribution in [0.2, 0.25) is 0 Å². The summed E-state index contributed by atoms with van der Waals surface area (Å²) < 4.78 is 1.18. The summed E-state index contributed by atoms with van der Waals surface area (Å²) in [6.07, 6.45) is 5.97. The molecule has 3 nitrogen and oxygen atoms in total. The average molecular weight is 300 g/mol. The number of hydrogen-bond donors (Lipinski definition) is 2. The first kappa shape index (κ1) is 13.3. The smallest absolute Gasteiger partial charge is 0.252 e. The highest BCUT2D eigenvalue weighted by atomic mass is 32.1. The Morgan fingerprint density at radius 2 is 2.19 bits per heavy atom. The number of thiophene rings is 1. The van der Waals surface area contributed by atoms with Gasteiger partial charge in [0.1, 0.15) is 0 Å². The summed E-state index contributed by atoms with van der Waals surface area (Å²) in [7, 11) is 0. The Morgan fingerprint density at radius 3 is 3.00 bits per heavy atom. The lowest BCUT2D eigenvalue weighted by Gasteiger charge is -2.48. The quantitative estimate of drug-likeness (QED) is 0.893. The second-order valence-corrected chi connectivity index (χ2v) is 7.28. The maximum atomic E-state index is 12.6. The van der Waals surface area contributed by atoms with E-state index < -0.39 is 0 Å². The van der Waals surface area contributed by atoms with Gasteiger partial charge in [-0.05, 0) is 44.7 Å². The van der Waals surface area contributed by atoms with Crippen LogP contribution in [0.25, 0.3) is 10.1 Å². The Kier molecular flexibility index (Phi) is 3.23. The zero-order valence-electron chi connectivity index (χ0n) is 12.0. The molecule has 0 radical (unpaired) electrons. The van der Waals surface area contributed by atoms with Crippen LogP contribution in [0, 0.1) is 0 Å². The first-order valence-electron chi connectivity index (χ1n) is 7.78. The molecule has 4 rings (SSSR count). The van der Waals surface area contributed by atoms with E-state index in [1.54, 1.807) is 11.3 Å².